The molecule has 5 nitrogen and oxygen atoms in total. The second-order valence-corrected chi connectivity index (χ2v) is 7.68. The maximum absolute atomic E-state index is 12.3. The number of benzene rings is 1. The van der Waals surface area contributed by atoms with Gasteiger partial charge in [-0.05, 0) is 30.7 Å². The molecule has 7 heteroatoms. The average molecular weight is 386 g/mol. The molecular weight excluding hydrogens is 366 g/mol. The number of nitrogens with zero attached hydrogens (tertiary/aromatic N) is 2. The van der Waals surface area contributed by atoms with Crippen molar-refractivity contribution in [1.29, 1.82) is 0 Å². The first-order chi connectivity index (χ1) is 12.7. The number of hydrogen-bond donors (Lipinski definition) is 1. The van der Waals surface area contributed by atoms with E-state index in [-0.39, 0.29) is 5.91 Å². The Morgan fingerprint density at radius 3 is 2.77 bits per heavy atom. The summed E-state index contributed by atoms with van der Waals surface area (Å²) in [4.78, 5) is 20.9. The van der Waals surface area contributed by atoms with Crippen molar-refractivity contribution in [2.24, 2.45) is 0 Å². The first-order valence-corrected chi connectivity index (χ1v) is 9.92. The molecule has 0 saturated heterocycles. The second-order valence-electron chi connectivity index (χ2n) is 5.59. The van der Waals surface area contributed by atoms with Gasteiger partial charge in [0.1, 0.15) is 4.34 Å². The summed E-state index contributed by atoms with van der Waals surface area (Å²) < 4.78 is 6.26. The fraction of sp³-hybridized carbons (Fsp3) is 0.211. The lowest BCUT2D eigenvalue weighted by molar-refractivity contribution is 0.0950. The van der Waals surface area contributed by atoms with Crippen LogP contribution in [0, 0.1) is 6.92 Å². The minimum Gasteiger partial charge on any atom is -0.481 e. The van der Waals surface area contributed by atoms with Crippen molar-refractivity contribution < 1.29 is 9.53 Å². The first kappa shape index (κ1) is 18.4. The molecule has 2 heterocycles. The number of ether oxygens (including phenoxy) is 1. The molecule has 1 aromatic carbocycles. The Bertz CT molecular complexity index is 879. The highest BCUT2D eigenvalue weighted by atomic mass is 32.2. The molecule has 0 unspecified atom stereocenters. The molecule has 26 heavy (non-hydrogen) atoms. The van der Waals surface area contributed by atoms with Crippen LogP contribution in [0.3, 0.4) is 0 Å². The molecule has 2 aromatic heterocycles. The van der Waals surface area contributed by atoms with Gasteiger partial charge in [-0.25, -0.2) is 9.97 Å². The van der Waals surface area contributed by atoms with Crippen molar-refractivity contribution in [3.63, 3.8) is 0 Å². The van der Waals surface area contributed by atoms with Gasteiger partial charge in [0, 0.05) is 40.7 Å². The number of amides is 1. The predicted octanol–water partition coefficient (Wildman–Crippen LogP) is 4.08. The molecule has 0 spiro atoms. The monoisotopic (exact) mass is 385 g/mol. The zero-order chi connectivity index (χ0) is 18.4. The Balaban J connectivity index is 1.55. The lowest BCUT2D eigenvalue weighted by Crippen LogP contribution is -2.23. The highest BCUT2D eigenvalue weighted by molar-refractivity contribution is 8.00. The van der Waals surface area contributed by atoms with E-state index in [0.29, 0.717) is 18.0 Å². The van der Waals surface area contributed by atoms with Crippen LogP contribution < -0.4 is 10.1 Å². The van der Waals surface area contributed by atoms with Crippen LogP contribution in [0.25, 0.3) is 0 Å². The van der Waals surface area contributed by atoms with Gasteiger partial charge in [0.25, 0.3) is 5.91 Å². The standard InChI is InChI=1S/C19H19N3O2S2/c1-13-11-25-19(22-13)26-12-14-5-7-15(8-6-14)17(23)21-10-16-4-3-9-20-18(16)24-2/h3-9,11H,10,12H2,1-2H3,(H,21,23). The van der Waals surface area contributed by atoms with Crippen LogP contribution >= 0.6 is 23.1 Å². The summed E-state index contributed by atoms with van der Waals surface area (Å²) in [7, 11) is 1.57. The number of aryl methyl sites for hydroxylation is 1. The number of rotatable bonds is 7. The first-order valence-electron chi connectivity index (χ1n) is 8.05. The summed E-state index contributed by atoms with van der Waals surface area (Å²) in [5.41, 5.74) is 3.69. The predicted molar refractivity (Wildman–Crippen MR) is 105 cm³/mol. The summed E-state index contributed by atoms with van der Waals surface area (Å²) in [6.45, 7) is 2.37. The fourth-order valence-corrected chi connectivity index (χ4v) is 4.12. The fourth-order valence-electron chi connectivity index (χ4n) is 2.32. The SMILES string of the molecule is COc1ncccc1CNC(=O)c1ccc(CSc2nc(C)cs2)cc1. The minimum atomic E-state index is -0.120. The number of hydrogen-bond acceptors (Lipinski definition) is 6. The molecule has 0 aliphatic rings. The van der Waals surface area contributed by atoms with Crippen molar-refractivity contribution in [3.05, 3.63) is 70.4 Å². The van der Waals surface area contributed by atoms with Crippen molar-refractivity contribution in [2.75, 3.05) is 7.11 Å². The maximum atomic E-state index is 12.3. The zero-order valence-corrected chi connectivity index (χ0v) is 16.2. The summed E-state index contributed by atoms with van der Waals surface area (Å²) >= 11 is 3.36. The smallest absolute Gasteiger partial charge is 0.251 e. The van der Waals surface area contributed by atoms with E-state index >= 15 is 0 Å². The minimum absolute atomic E-state index is 0.120. The lowest BCUT2D eigenvalue weighted by atomic mass is 10.1. The lowest BCUT2D eigenvalue weighted by Gasteiger charge is -2.09. The van der Waals surface area contributed by atoms with Gasteiger partial charge in [0.2, 0.25) is 5.88 Å². The van der Waals surface area contributed by atoms with Gasteiger partial charge >= 0.3 is 0 Å². The third-order valence-corrected chi connectivity index (χ3v) is 5.87. The van der Waals surface area contributed by atoms with Crippen molar-refractivity contribution >= 4 is 29.0 Å². The van der Waals surface area contributed by atoms with Crippen LogP contribution in [-0.4, -0.2) is 23.0 Å². The Morgan fingerprint density at radius 1 is 1.27 bits per heavy atom. The molecule has 1 N–H and O–H groups in total. The number of aromatic nitrogens is 2. The van der Waals surface area contributed by atoms with E-state index in [2.05, 4.69) is 15.3 Å². The van der Waals surface area contributed by atoms with Gasteiger partial charge in [-0.1, -0.05) is 30.0 Å². The number of carbonyl (C=O) groups excluding carboxylic acids is 1. The molecule has 0 saturated carbocycles. The highest BCUT2D eigenvalue weighted by Crippen LogP contribution is 2.26. The van der Waals surface area contributed by atoms with Crippen LogP contribution in [0.1, 0.15) is 27.2 Å². The van der Waals surface area contributed by atoms with Crippen LogP contribution in [0.2, 0.25) is 0 Å². The van der Waals surface area contributed by atoms with E-state index in [1.165, 1.54) is 0 Å². The summed E-state index contributed by atoms with van der Waals surface area (Å²) in [6.07, 6.45) is 1.66. The Kier molecular flexibility index (Phi) is 6.25. The molecule has 3 rings (SSSR count). The largest absolute Gasteiger partial charge is 0.481 e. The van der Waals surface area contributed by atoms with Gasteiger partial charge in [0.05, 0.1) is 7.11 Å². The number of thioether (sulfide) groups is 1. The summed E-state index contributed by atoms with van der Waals surface area (Å²) in [5, 5.41) is 4.95. The van der Waals surface area contributed by atoms with Crippen LogP contribution in [0.5, 0.6) is 5.88 Å². The maximum Gasteiger partial charge on any atom is 0.251 e. The summed E-state index contributed by atoms with van der Waals surface area (Å²) in [6, 6.07) is 11.4. The quantitative estimate of drug-likeness (QED) is 0.621. The van der Waals surface area contributed by atoms with Crippen molar-refractivity contribution in [2.45, 2.75) is 23.6 Å². The molecule has 1 amide bonds. The molecule has 0 aliphatic carbocycles. The Morgan fingerprint density at radius 2 is 2.08 bits per heavy atom. The van der Waals surface area contributed by atoms with Crippen molar-refractivity contribution in [3.8, 4) is 5.88 Å². The van der Waals surface area contributed by atoms with E-state index in [1.807, 2.05) is 48.7 Å². The van der Waals surface area contributed by atoms with E-state index in [4.69, 9.17) is 4.74 Å². The van der Waals surface area contributed by atoms with E-state index in [9.17, 15) is 4.79 Å². The van der Waals surface area contributed by atoms with E-state index in [0.717, 1.165) is 26.9 Å². The molecule has 0 fully saturated rings. The third kappa shape index (κ3) is 4.83. The zero-order valence-electron chi connectivity index (χ0n) is 14.6. The second kappa shape index (κ2) is 8.82. The van der Waals surface area contributed by atoms with Crippen LogP contribution in [-0.2, 0) is 12.3 Å². The van der Waals surface area contributed by atoms with E-state index in [1.54, 1.807) is 36.4 Å². The number of pyridine rings is 1. The normalized spacial score (nSPS) is 10.5. The van der Waals surface area contributed by atoms with Gasteiger partial charge < -0.3 is 10.1 Å². The summed E-state index contributed by atoms with van der Waals surface area (Å²) in [5.74, 6) is 1.24. The van der Waals surface area contributed by atoms with Crippen molar-refractivity contribution in [1.82, 2.24) is 15.3 Å². The van der Waals surface area contributed by atoms with Crippen LogP contribution in [0.4, 0.5) is 0 Å². The molecular formula is C19H19N3O2S2. The van der Waals surface area contributed by atoms with Gasteiger partial charge in [0.15, 0.2) is 0 Å². The molecule has 0 bridgehead atoms. The molecule has 0 radical (unpaired) electrons. The molecule has 3 aromatic rings. The Labute approximate surface area is 160 Å². The highest BCUT2D eigenvalue weighted by Gasteiger charge is 2.08. The van der Waals surface area contributed by atoms with E-state index < -0.39 is 0 Å². The number of methoxy groups -OCH3 is 1. The van der Waals surface area contributed by atoms with Gasteiger partial charge in [-0.2, -0.15) is 0 Å². The molecule has 0 atom stereocenters. The molecule has 134 valence electrons. The third-order valence-electron chi connectivity index (χ3n) is 3.66. The Hall–Kier alpha value is -2.38. The van der Waals surface area contributed by atoms with Gasteiger partial charge in [-0.15, -0.1) is 11.3 Å². The van der Waals surface area contributed by atoms with Gasteiger partial charge in [-0.3, -0.25) is 4.79 Å². The molecule has 0 aliphatic heterocycles. The average Bonchev–Trinajstić information content (AvgIpc) is 3.10. The number of carbonyl (C=O) groups is 1. The van der Waals surface area contributed by atoms with Crippen LogP contribution in [0.15, 0.2) is 52.3 Å². The topological polar surface area (TPSA) is 64.1 Å². The number of thiazole rings is 1. The number of nitrogens with one attached hydrogen (secondary N) is 1.